The van der Waals surface area contributed by atoms with E-state index >= 15 is 4.39 Å². The van der Waals surface area contributed by atoms with Gasteiger partial charge in [-0.1, -0.05) is 30.6 Å². The number of benzene rings is 1. The van der Waals surface area contributed by atoms with Crippen molar-refractivity contribution in [3.05, 3.63) is 40.5 Å². The van der Waals surface area contributed by atoms with E-state index in [1.165, 1.54) is 10.4 Å². The standard InChI is InChI=1S/C18H23ClFN3O3S/c1-12(2)10-16-21-17(26-22-16)18(20)6-8-23(9-7-18)27(24,25)15-5-4-14(19)11-13(15)3/h4-5,11-12H,6-10H2,1-3H3. The number of rotatable bonds is 5. The lowest BCUT2D eigenvalue weighted by Crippen LogP contribution is -2.43. The Labute approximate surface area is 163 Å². The van der Waals surface area contributed by atoms with Crippen molar-refractivity contribution in [3.63, 3.8) is 0 Å². The average Bonchev–Trinajstić information content (AvgIpc) is 3.03. The first kappa shape index (κ1) is 20.2. The zero-order chi connectivity index (χ0) is 19.8. The van der Waals surface area contributed by atoms with Crippen LogP contribution in [0.25, 0.3) is 0 Å². The quantitative estimate of drug-likeness (QED) is 0.740. The van der Waals surface area contributed by atoms with Gasteiger partial charge in [0, 0.05) is 37.4 Å². The topological polar surface area (TPSA) is 76.3 Å². The summed E-state index contributed by atoms with van der Waals surface area (Å²) in [6, 6.07) is 4.63. The number of hydrogen-bond donors (Lipinski definition) is 0. The van der Waals surface area contributed by atoms with Crippen LogP contribution in [0.5, 0.6) is 0 Å². The van der Waals surface area contributed by atoms with Crippen molar-refractivity contribution in [1.29, 1.82) is 0 Å². The molecule has 1 fully saturated rings. The van der Waals surface area contributed by atoms with Gasteiger partial charge in [-0.15, -0.1) is 0 Å². The molecule has 1 saturated heterocycles. The van der Waals surface area contributed by atoms with E-state index in [2.05, 4.69) is 10.1 Å². The molecule has 0 bridgehead atoms. The summed E-state index contributed by atoms with van der Waals surface area (Å²) in [4.78, 5) is 4.37. The number of aryl methyl sites for hydroxylation is 1. The van der Waals surface area contributed by atoms with Gasteiger partial charge in [0.05, 0.1) is 4.90 Å². The summed E-state index contributed by atoms with van der Waals surface area (Å²) < 4.78 is 47.5. The Morgan fingerprint density at radius 3 is 2.59 bits per heavy atom. The van der Waals surface area contributed by atoms with Gasteiger partial charge in [-0.3, -0.25) is 0 Å². The molecule has 3 rings (SSSR count). The lowest BCUT2D eigenvalue weighted by atomic mass is 9.94. The smallest absolute Gasteiger partial charge is 0.264 e. The normalized spacial score (nSPS) is 18.1. The molecule has 0 N–H and O–H groups in total. The first-order valence-corrected chi connectivity index (χ1v) is 10.7. The van der Waals surface area contributed by atoms with E-state index < -0.39 is 15.7 Å². The van der Waals surface area contributed by atoms with Gasteiger partial charge in [0.1, 0.15) is 0 Å². The van der Waals surface area contributed by atoms with Crippen LogP contribution in [-0.2, 0) is 22.1 Å². The highest BCUT2D eigenvalue weighted by atomic mass is 35.5. The Bertz CT molecular complexity index is 922. The van der Waals surface area contributed by atoms with Gasteiger partial charge in [-0.25, -0.2) is 12.8 Å². The molecule has 1 aliphatic heterocycles. The molecular formula is C18H23ClFN3O3S. The Morgan fingerprint density at radius 1 is 1.33 bits per heavy atom. The number of piperidine rings is 1. The third kappa shape index (κ3) is 4.17. The van der Waals surface area contributed by atoms with Crippen LogP contribution in [0.15, 0.2) is 27.6 Å². The maximum atomic E-state index is 15.3. The summed E-state index contributed by atoms with van der Waals surface area (Å²) >= 11 is 5.91. The fourth-order valence-electron chi connectivity index (χ4n) is 3.22. The third-order valence-corrected chi connectivity index (χ3v) is 7.01. The van der Waals surface area contributed by atoms with Crippen LogP contribution in [0, 0.1) is 12.8 Å². The fraction of sp³-hybridized carbons (Fsp3) is 0.556. The van der Waals surface area contributed by atoms with Crippen LogP contribution in [0.4, 0.5) is 4.39 Å². The summed E-state index contributed by atoms with van der Waals surface area (Å²) in [7, 11) is -3.71. The van der Waals surface area contributed by atoms with Crippen LogP contribution >= 0.6 is 11.6 Å². The number of alkyl halides is 1. The van der Waals surface area contributed by atoms with Crippen LogP contribution in [0.3, 0.4) is 0 Å². The number of halogens is 2. The van der Waals surface area contributed by atoms with Crippen molar-refractivity contribution in [2.75, 3.05) is 13.1 Å². The molecule has 1 aliphatic rings. The lowest BCUT2D eigenvalue weighted by Gasteiger charge is -2.33. The highest BCUT2D eigenvalue weighted by Gasteiger charge is 2.44. The van der Waals surface area contributed by atoms with Crippen molar-refractivity contribution < 1.29 is 17.3 Å². The molecule has 1 aromatic carbocycles. The second kappa shape index (κ2) is 7.48. The Kier molecular flexibility index (Phi) is 5.61. The zero-order valence-electron chi connectivity index (χ0n) is 15.6. The van der Waals surface area contributed by atoms with Gasteiger partial charge >= 0.3 is 0 Å². The molecule has 1 aromatic heterocycles. The highest BCUT2D eigenvalue weighted by Crippen LogP contribution is 2.38. The summed E-state index contributed by atoms with van der Waals surface area (Å²) in [6.07, 6.45) is 0.556. The van der Waals surface area contributed by atoms with E-state index in [9.17, 15) is 8.42 Å². The van der Waals surface area contributed by atoms with Gasteiger partial charge < -0.3 is 4.52 Å². The Balaban J connectivity index is 1.75. The SMILES string of the molecule is Cc1cc(Cl)ccc1S(=O)(=O)N1CCC(F)(c2nc(CC(C)C)no2)CC1. The molecule has 27 heavy (non-hydrogen) atoms. The van der Waals surface area contributed by atoms with Crippen molar-refractivity contribution in [3.8, 4) is 0 Å². The Hall–Kier alpha value is -1.51. The van der Waals surface area contributed by atoms with Gasteiger partial charge in [-0.2, -0.15) is 9.29 Å². The molecule has 0 amide bonds. The summed E-state index contributed by atoms with van der Waals surface area (Å²) in [5, 5.41) is 4.32. The predicted octanol–water partition coefficient (Wildman–Crippen LogP) is 3.88. The minimum atomic E-state index is -3.71. The first-order valence-electron chi connectivity index (χ1n) is 8.90. The minimum absolute atomic E-state index is 0.0256. The number of aromatic nitrogens is 2. The van der Waals surface area contributed by atoms with Crippen LogP contribution < -0.4 is 0 Å². The number of nitrogens with zero attached hydrogens (tertiary/aromatic N) is 3. The Morgan fingerprint density at radius 2 is 2.00 bits per heavy atom. The van der Waals surface area contributed by atoms with Gasteiger partial charge in [0.15, 0.2) is 11.5 Å². The van der Waals surface area contributed by atoms with E-state index in [-0.39, 0.29) is 36.7 Å². The largest absolute Gasteiger partial charge is 0.336 e. The molecule has 0 spiro atoms. The van der Waals surface area contributed by atoms with Crippen molar-refractivity contribution in [2.24, 2.45) is 5.92 Å². The number of sulfonamides is 1. The molecule has 2 aromatic rings. The molecular weight excluding hydrogens is 393 g/mol. The summed E-state index contributed by atoms with van der Waals surface area (Å²) in [6.45, 7) is 5.81. The van der Waals surface area contributed by atoms with E-state index in [0.717, 1.165) is 0 Å². The summed E-state index contributed by atoms with van der Waals surface area (Å²) in [5.74, 6) is 0.752. The minimum Gasteiger partial charge on any atom is -0.336 e. The monoisotopic (exact) mass is 415 g/mol. The molecule has 0 aliphatic carbocycles. The van der Waals surface area contributed by atoms with Crippen molar-refractivity contribution in [2.45, 2.75) is 50.6 Å². The van der Waals surface area contributed by atoms with E-state index in [1.54, 1.807) is 19.1 Å². The molecule has 9 heteroatoms. The van der Waals surface area contributed by atoms with Crippen molar-refractivity contribution in [1.82, 2.24) is 14.4 Å². The van der Waals surface area contributed by atoms with Crippen LogP contribution in [0.1, 0.15) is 44.0 Å². The highest BCUT2D eigenvalue weighted by molar-refractivity contribution is 7.89. The van der Waals surface area contributed by atoms with Gasteiger partial charge in [0.2, 0.25) is 10.0 Å². The third-order valence-electron chi connectivity index (χ3n) is 4.71. The van der Waals surface area contributed by atoms with E-state index in [1.807, 2.05) is 13.8 Å². The maximum absolute atomic E-state index is 15.3. The molecule has 148 valence electrons. The van der Waals surface area contributed by atoms with Gasteiger partial charge in [0.25, 0.3) is 5.89 Å². The molecule has 0 unspecified atom stereocenters. The maximum Gasteiger partial charge on any atom is 0.264 e. The molecule has 2 heterocycles. The molecule has 0 saturated carbocycles. The fourth-order valence-corrected chi connectivity index (χ4v) is 5.09. The second-order valence-electron chi connectivity index (χ2n) is 7.39. The molecule has 6 nitrogen and oxygen atoms in total. The van der Waals surface area contributed by atoms with Gasteiger partial charge in [-0.05, 0) is 36.6 Å². The second-order valence-corrected chi connectivity index (χ2v) is 9.74. The molecule has 0 radical (unpaired) electrons. The van der Waals surface area contributed by atoms with Crippen molar-refractivity contribution >= 4 is 21.6 Å². The zero-order valence-corrected chi connectivity index (χ0v) is 17.1. The van der Waals surface area contributed by atoms with Crippen LogP contribution in [0.2, 0.25) is 5.02 Å². The van der Waals surface area contributed by atoms with E-state index in [4.69, 9.17) is 16.1 Å². The van der Waals surface area contributed by atoms with E-state index in [0.29, 0.717) is 28.7 Å². The summed E-state index contributed by atoms with van der Waals surface area (Å²) in [5.41, 5.74) is -1.24. The average molecular weight is 416 g/mol. The lowest BCUT2D eigenvalue weighted by molar-refractivity contribution is 0.0511. The first-order chi connectivity index (χ1) is 12.6. The number of hydrogen-bond acceptors (Lipinski definition) is 5. The molecule has 0 atom stereocenters. The predicted molar refractivity (Wildman–Crippen MR) is 99.8 cm³/mol. The van der Waals surface area contributed by atoms with Crippen LogP contribution in [-0.4, -0.2) is 36.0 Å².